The van der Waals surface area contributed by atoms with Crippen molar-refractivity contribution in [2.75, 3.05) is 121 Å². The van der Waals surface area contributed by atoms with Crippen molar-refractivity contribution in [2.45, 2.75) is 254 Å². The first-order chi connectivity index (χ1) is 64.4. The summed E-state index contributed by atoms with van der Waals surface area (Å²) in [7, 11) is 0. The van der Waals surface area contributed by atoms with Gasteiger partial charge in [-0.05, 0) is 244 Å². The zero-order chi connectivity index (χ0) is 99.3. The average Bonchev–Trinajstić information content (AvgIpc) is 1.58. The summed E-state index contributed by atoms with van der Waals surface area (Å²) < 4.78 is 85.9. The standard InChI is InChI=1S/C31H36F2N8O2.C26H28F2N8.C15H22N4O4.C15H24N4O2.C11H21NO2/c1-18-17-39(11-12-40(18)29(42)43-30(2,3)4)20-7-8-24(34-15-20)36-28-35-16-22(33)26(38-28)19-13-21(32)27-23(14-19)41-25(37-27)9-10-31(41,5)6;1-15-14-35(9-8-29-15)17-4-5-21(30-12-17)32-25-31-13-19(28)23(34-25)16-10-18(27)24-20(11-16)36-22(33-24)6-7-26(36,2)3;1-11-10-17(13-6-5-12(9-16-13)19(21)22)7-8-18(11)14(20)23-15(2,3)4;1-11-10-18(13-6-5-12(16)9-17-13)7-8-19(11)14(20)21-15(2,3)4;1-9-7-5-6-8-12(9)10(13)14-11(2,3)4/h7-8,13-16,18H,9-12,17H2,1-6H3,(H,34,35,36,38);4-5,10-13,15,29H,6-9,14H2,1-3H3,(H,30,31,32,34);5-6,9,11H,7-8,10H2,1-4H3;5-6,9,11H,7-8,10,16H2,1-4H3;9H,5-8H2,1-4H3/t18-;15-;2*11-;9-/m00000/s1. The number of nitro groups is 1. The van der Waals surface area contributed by atoms with Crippen LogP contribution in [-0.2, 0) is 42.9 Å². The molecule has 137 heavy (non-hydrogen) atoms. The highest BCUT2D eigenvalue weighted by molar-refractivity contribution is 5.85. The summed E-state index contributed by atoms with van der Waals surface area (Å²) in [5.41, 5.74) is 8.40. The van der Waals surface area contributed by atoms with Gasteiger partial charge in [0.05, 0.1) is 64.0 Å². The largest absolute Gasteiger partial charge is 0.444 e. The molecule has 15 heterocycles. The summed E-state index contributed by atoms with van der Waals surface area (Å²) in [5, 5.41) is 20.2. The Kier molecular flexibility index (Phi) is 30.7. The number of pyridine rings is 4. The van der Waals surface area contributed by atoms with Gasteiger partial charge in [0, 0.05) is 156 Å². The predicted molar refractivity (Wildman–Crippen MR) is 521 cm³/mol. The highest BCUT2D eigenvalue weighted by Gasteiger charge is 2.39. The Labute approximate surface area is 797 Å². The molecule has 8 aromatic heterocycles. The van der Waals surface area contributed by atoms with Crippen molar-refractivity contribution in [2.24, 2.45) is 0 Å². The Morgan fingerprint density at radius 2 is 0.854 bits per heavy atom. The number of piperazine rings is 4. The van der Waals surface area contributed by atoms with Crippen LogP contribution < -0.4 is 41.3 Å². The molecular formula is C98H131F4N25O10. The van der Waals surface area contributed by atoms with Crippen molar-refractivity contribution in [3.63, 3.8) is 0 Å². The van der Waals surface area contributed by atoms with E-state index in [0.717, 1.165) is 119 Å². The van der Waals surface area contributed by atoms with Gasteiger partial charge in [0.15, 0.2) is 23.3 Å². The normalized spacial score (nSPS) is 19.2. The zero-order valence-corrected chi connectivity index (χ0v) is 82.5. The number of nitrogen functional groups attached to an aromatic ring is 1. The van der Waals surface area contributed by atoms with Crippen LogP contribution in [0.2, 0.25) is 0 Å². The zero-order valence-electron chi connectivity index (χ0n) is 82.5. The molecule has 39 heteroatoms. The first-order valence-electron chi connectivity index (χ1n) is 46.9. The fourth-order valence-corrected chi connectivity index (χ4v) is 17.6. The van der Waals surface area contributed by atoms with E-state index in [9.17, 15) is 38.1 Å². The van der Waals surface area contributed by atoms with Crippen LogP contribution in [-0.4, -0.2) is 246 Å². The molecule has 5 fully saturated rings. The summed E-state index contributed by atoms with van der Waals surface area (Å²) in [4.78, 5) is 118. The van der Waals surface area contributed by atoms with Crippen LogP contribution >= 0.6 is 0 Å². The van der Waals surface area contributed by atoms with Crippen LogP contribution in [0.3, 0.4) is 0 Å². The molecule has 0 radical (unpaired) electrons. The molecule has 7 aliphatic rings. The lowest BCUT2D eigenvalue weighted by Gasteiger charge is -2.41. The Balaban J connectivity index is 0.000000152. The van der Waals surface area contributed by atoms with Gasteiger partial charge in [-0.3, -0.25) is 10.1 Å². The molecule has 17 rings (SSSR count). The fourth-order valence-electron chi connectivity index (χ4n) is 17.6. The summed E-state index contributed by atoms with van der Waals surface area (Å²) in [6.45, 7) is 50.3. The average molecular weight is 1900 g/mol. The molecule has 0 bridgehead atoms. The van der Waals surface area contributed by atoms with E-state index in [-0.39, 0.29) is 93.7 Å². The minimum absolute atomic E-state index is 0.0156. The number of likely N-dealkylation sites (tertiary alicyclic amines) is 1. The summed E-state index contributed by atoms with van der Waals surface area (Å²) in [6.07, 6.45) is 14.3. The maximum atomic E-state index is 15.2. The summed E-state index contributed by atoms with van der Waals surface area (Å²) in [6, 6.07) is 21.2. The van der Waals surface area contributed by atoms with Crippen LogP contribution in [0.1, 0.15) is 189 Å². The van der Waals surface area contributed by atoms with Crippen LogP contribution in [0.25, 0.3) is 44.6 Å². The molecule has 7 aliphatic heterocycles. The minimum atomic E-state index is -0.660. The number of nitrogens with one attached hydrogen (secondary N) is 3. The van der Waals surface area contributed by atoms with Gasteiger partial charge in [-0.25, -0.2) is 86.6 Å². The lowest BCUT2D eigenvalue weighted by Crippen LogP contribution is -2.55. The lowest BCUT2D eigenvalue weighted by molar-refractivity contribution is -0.385. The van der Waals surface area contributed by atoms with Crippen LogP contribution in [0, 0.1) is 33.4 Å². The third kappa shape index (κ3) is 25.6. The van der Waals surface area contributed by atoms with Gasteiger partial charge < -0.3 is 89.0 Å². The second-order valence-electron chi connectivity index (χ2n) is 41.1. The Hall–Kier alpha value is -13.1. The monoisotopic (exact) mass is 1890 g/mol. The number of rotatable bonds is 11. The van der Waals surface area contributed by atoms with Gasteiger partial charge in [-0.1, -0.05) is 0 Å². The van der Waals surface area contributed by atoms with Crippen molar-refractivity contribution in [3.05, 3.63) is 155 Å². The van der Waals surface area contributed by atoms with Crippen molar-refractivity contribution < 1.29 is 60.6 Å². The van der Waals surface area contributed by atoms with Crippen LogP contribution in [0.15, 0.2) is 110 Å². The second kappa shape index (κ2) is 41.5. The highest BCUT2D eigenvalue weighted by Crippen LogP contribution is 2.41. The maximum Gasteiger partial charge on any atom is 0.410 e. The molecule has 4 amide bonds. The number of carbonyl (C=O) groups excluding carboxylic acids is 4. The molecule has 0 saturated carbocycles. The second-order valence-corrected chi connectivity index (χ2v) is 41.1. The van der Waals surface area contributed by atoms with Gasteiger partial charge in [0.2, 0.25) is 11.9 Å². The lowest BCUT2D eigenvalue weighted by atomic mass is 10.0. The number of imidazole rings is 2. The highest BCUT2D eigenvalue weighted by atomic mass is 19.1. The topological polar surface area (TPSA) is 375 Å². The van der Waals surface area contributed by atoms with Crippen molar-refractivity contribution >= 4 is 104 Å². The number of aromatic nitrogens is 12. The molecule has 5 saturated heterocycles. The number of nitrogens with two attached hydrogens (primary N) is 1. The Morgan fingerprint density at radius 1 is 0.453 bits per heavy atom. The van der Waals surface area contributed by atoms with E-state index in [0.29, 0.717) is 109 Å². The maximum absolute atomic E-state index is 15.2. The quantitative estimate of drug-likeness (QED) is 0.0404. The SMILES string of the molecule is C[C@H]1CCCCN1C(=O)OC(C)(C)C.C[C@H]1CN(c2ccc(N)cn2)CCN1C(=O)OC(C)(C)C.C[C@H]1CN(c2ccc(Nc3ncc(F)c(-c4cc(F)c5nc6n(c5c4)C(C)(C)CC6)n3)nc2)CCN1.C[C@H]1CN(c2ccc(Nc3ncc(F)c(-c4cc(F)c5nc6n(c5c4)C(C)(C)CC6)n3)nc2)CCN1C(=O)OC(C)(C)C.C[C@H]1CN(c2ccc([N+](=O)[O-])cn2)CCN1C(=O)OC(C)(C)C. The molecule has 10 aromatic rings. The molecule has 35 nitrogen and oxygen atoms in total. The van der Waals surface area contributed by atoms with Gasteiger partial charge in [-0.15, -0.1) is 0 Å². The summed E-state index contributed by atoms with van der Waals surface area (Å²) >= 11 is 0. The number of anilines is 9. The molecule has 2 aromatic carbocycles. The van der Waals surface area contributed by atoms with E-state index in [4.69, 9.17) is 24.7 Å². The number of carbonyl (C=O) groups is 4. The van der Waals surface area contributed by atoms with Crippen molar-refractivity contribution in [1.82, 2.24) is 83.9 Å². The number of aryl methyl sites for hydroxylation is 2. The molecular weight excluding hydrogens is 1760 g/mol. The van der Waals surface area contributed by atoms with E-state index in [2.05, 4.69) is 127 Å². The number of hydrogen-bond donors (Lipinski definition) is 4. The number of ether oxygens (including phenoxy) is 4. The third-order valence-corrected chi connectivity index (χ3v) is 24.4. The molecule has 5 N–H and O–H groups in total. The molecule has 0 unspecified atom stereocenters. The van der Waals surface area contributed by atoms with Crippen molar-refractivity contribution in [3.8, 4) is 22.5 Å². The smallest absolute Gasteiger partial charge is 0.410 e. The van der Waals surface area contributed by atoms with E-state index >= 15 is 8.78 Å². The number of nitrogens with zero attached hydrogens (tertiary/aromatic N) is 21. The number of piperidine rings is 1. The third-order valence-electron chi connectivity index (χ3n) is 24.4. The van der Waals surface area contributed by atoms with Crippen LogP contribution in [0.4, 0.5) is 94.7 Å². The van der Waals surface area contributed by atoms with Gasteiger partial charge in [-0.2, -0.15) is 0 Å². The first-order valence-corrected chi connectivity index (χ1v) is 46.9. The van der Waals surface area contributed by atoms with Crippen molar-refractivity contribution in [1.29, 1.82) is 0 Å². The predicted octanol–water partition coefficient (Wildman–Crippen LogP) is 17.8. The Bertz CT molecular complexity index is 5940. The number of halogens is 4. The van der Waals surface area contributed by atoms with Gasteiger partial charge in [0.1, 0.15) is 85.9 Å². The first kappa shape index (κ1) is 101. The number of amides is 4. The van der Waals surface area contributed by atoms with Gasteiger partial charge >= 0.3 is 24.4 Å². The van der Waals surface area contributed by atoms with E-state index < -0.39 is 45.0 Å². The summed E-state index contributed by atoms with van der Waals surface area (Å²) in [5.74, 6) is 2.27. The van der Waals surface area contributed by atoms with E-state index in [1.54, 1.807) is 57.6 Å². The number of benzene rings is 2. The number of hydrogen-bond acceptors (Lipinski definition) is 28. The Morgan fingerprint density at radius 3 is 1.22 bits per heavy atom. The van der Waals surface area contributed by atoms with Crippen LogP contribution in [0.5, 0.6) is 0 Å². The molecule has 736 valence electrons. The molecule has 0 spiro atoms. The number of fused-ring (bicyclic) bond motifs is 6. The van der Waals surface area contributed by atoms with E-state index in [1.807, 2.05) is 149 Å². The fraction of sp³-hybridized carbons (Fsp3) is 0.531. The molecule has 0 aliphatic carbocycles. The molecule has 5 atom stereocenters. The van der Waals surface area contributed by atoms with E-state index in [1.165, 1.54) is 30.8 Å². The minimum Gasteiger partial charge on any atom is -0.444 e. The van der Waals surface area contributed by atoms with Gasteiger partial charge in [0.25, 0.3) is 5.69 Å².